The normalized spacial score (nSPS) is 10.8. The first-order valence-electron chi connectivity index (χ1n) is 11.5. The van der Waals surface area contributed by atoms with Crippen LogP contribution in [0.2, 0.25) is 0 Å². The Labute approximate surface area is 226 Å². The van der Waals surface area contributed by atoms with Crippen LogP contribution in [0.1, 0.15) is 22.4 Å². The van der Waals surface area contributed by atoms with Gasteiger partial charge in [0.2, 0.25) is 17.6 Å². The molecule has 4 aromatic rings. The molecule has 13 nitrogen and oxygen atoms in total. The maximum atomic E-state index is 12.0. The van der Waals surface area contributed by atoms with Gasteiger partial charge in [-0.05, 0) is 55.8 Å². The highest BCUT2D eigenvalue weighted by Crippen LogP contribution is 2.38. The van der Waals surface area contributed by atoms with Crippen molar-refractivity contribution in [2.24, 2.45) is 0 Å². The number of sulfonamides is 1. The van der Waals surface area contributed by atoms with Crippen LogP contribution < -0.4 is 36.1 Å². The zero-order valence-electron chi connectivity index (χ0n) is 22.2. The Kier molecular flexibility index (Phi) is 9.04. The summed E-state index contributed by atoms with van der Waals surface area (Å²) in [4.78, 5) is 8.02. The fourth-order valence-corrected chi connectivity index (χ4v) is 4.41. The minimum atomic E-state index is -3.68. The smallest absolute Gasteiger partial charge is 0.264 e. The lowest BCUT2D eigenvalue weighted by Crippen LogP contribution is -2.13. The largest absolute Gasteiger partial charge is 0.493 e. The summed E-state index contributed by atoms with van der Waals surface area (Å²) in [5.41, 5.74) is 20.4. The number of aromatic nitrogens is 3. The van der Waals surface area contributed by atoms with Gasteiger partial charge < -0.3 is 35.9 Å². The molecule has 0 saturated carbocycles. The lowest BCUT2D eigenvalue weighted by atomic mass is 10.1. The van der Waals surface area contributed by atoms with Crippen LogP contribution >= 0.6 is 0 Å². The second kappa shape index (κ2) is 12.2. The molecule has 7 N–H and O–H groups in total. The number of nitrogens with zero attached hydrogens (tertiary/aromatic N) is 3. The van der Waals surface area contributed by atoms with E-state index in [4.69, 9.17) is 35.9 Å². The van der Waals surface area contributed by atoms with Gasteiger partial charge in [0.25, 0.3) is 10.0 Å². The summed E-state index contributed by atoms with van der Waals surface area (Å²) in [5, 5.41) is 3.69. The molecular weight excluding hydrogens is 526 g/mol. The summed E-state index contributed by atoms with van der Waals surface area (Å²) in [6.07, 6.45) is 2.14. The summed E-state index contributed by atoms with van der Waals surface area (Å²) in [6.45, 7) is 3.46. The number of rotatable bonds is 8. The molecule has 0 unspecified atom stereocenters. The monoisotopic (exact) mass is 557 g/mol. The highest BCUT2D eigenvalue weighted by atomic mass is 32.2. The van der Waals surface area contributed by atoms with Crippen molar-refractivity contribution in [1.82, 2.24) is 15.1 Å². The minimum absolute atomic E-state index is 0.116. The third-order valence-corrected chi connectivity index (χ3v) is 6.96. The molecule has 0 aliphatic rings. The van der Waals surface area contributed by atoms with Crippen molar-refractivity contribution >= 4 is 33.4 Å². The van der Waals surface area contributed by atoms with Crippen molar-refractivity contribution in [3.8, 4) is 17.2 Å². The standard InChI is InChI=1S/C14H18N4O3.C11H13N3O3S/c1-19-10-5-8(6-11(20-2)12(10)21-3)4-9-7-17-14(16)18-13(9)15;1-7-8(2)13-17-11(7)14-18(15,16)10-5-3-9(12)4-6-10/h5-7H,4H2,1-3H3,(H4,15,16,17,18);3-6,14H,12H2,1-2H3. The van der Waals surface area contributed by atoms with Gasteiger partial charge in [-0.1, -0.05) is 5.16 Å². The van der Waals surface area contributed by atoms with Crippen molar-refractivity contribution in [2.45, 2.75) is 25.2 Å². The number of nitrogens with two attached hydrogens (primary N) is 3. The van der Waals surface area contributed by atoms with Crippen molar-refractivity contribution < 1.29 is 27.2 Å². The number of methoxy groups -OCH3 is 3. The molecule has 4 rings (SSSR count). The molecule has 0 aliphatic carbocycles. The van der Waals surface area contributed by atoms with Crippen LogP contribution in [0.5, 0.6) is 17.2 Å². The van der Waals surface area contributed by atoms with Crippen LogP contribution in [0.15, 0.2) is 52.0 Å². The average molecular weight is 558 g/mol. The van der Waals surface area contributed by atoms with E-state index >= 15 is 0 Å². The SMILES string of the molecule is COc1cc(Cc2cnc(N)nc2N)cc(OC)c1OC.Cc1noc(NS(=O)(=O)c2ccc(N)cc2)c1C. The van der Waals surface area contributed by atoms with E-state index in [0.29, 0.717) is 46.4 Å². The van der Waals surface area contributed by atoms with Gasteiger partial charge >= 0.3 is 0 Å². The molecule has 208 valence electrons. The Bertz CT molecular complexity index is 1510. The summed E-state index contributed by atoms with van der Waals surface area (Å²) < 4.78 is 47.3. The predicted molar refractivity (Wildman–Crippen MR) is 147 cm³/mol. The van der Waals surface area contributed by atoms with E-state index in [9.17, 15) is 8.42 Å². The minimum Gasteiger partial charge on any atom is -0.493 e. The first-order chi connectivity index (χ1) is 18.5. The molecule has 2 aromatic heterocycles. The highest BCUT2D eigenvalue weighted by Gasteiger charge is 2.19. The van der Waals surface area contributed by atoms with E-state index in [1.165, 1.54) is 24.3 Å². The van der Waals surface area contributed by atoms with Crippen LogP contribution in [-0.4, -0.2) is 44.9 Å². The first kappa shape index (κ1) is 28.8. The Morgan fingerprint density at radius 3 is 2.05 bits per heavy atom. The average Bonchev–Trinajstić information content (AvgIpc) is 3.22. The van der Waals surface area contributed by atoms with Gasteiger partial charge in [-0.2, -0.15) is 4.98 Å². The van der Waals surface area contributed by atoms with Gasteiger partial charge in [0.1, 0.15) is 5.82 Å². The number of aryl methyl sites for hydroxylation is 1. The molecule has 14 heteroatoms. The lowest BCUT2D eigenvalue weighted by molar-refractivity contribution is 0.324. The molecule has 0 fully saturated rings. The fourth-order valence-electron chi connectivity index (χ4n) is 3.37. The molecule has 2 heterocycles. The molecule has 0 radical (unpaired) electrons. The van der Waals surface area contributed by atoms with Crippen molar-refractivity contribution in [3.05, 3.63) is 65.0 Å². The van der Waals surface area contributed by atoms with E-state index in [1.54, 1.807) is 41.4 Å². The van der Waals surface area contributed by atoms with Crippen LogP contribution in [0, 0.1) is 13.8 Å². The lowest BCUT2D eigenvalue weighted by Gasteiger charge is -2.14. The number of hydrogen-bond acceptors (Lipinski definition) is 12. The van der Waals surface area contributed by atoms with Crippen LogP contribution in [0.3, 0.4) is 0 Å². The van der Waals surface area contributed by atoms with E-state index in [-0.39, 0.29) is 16.7 Å². The predicted octanol–water partition coefficient (Wildman–Crippen LogP) is 2.93. The topological polar surface area (TPSA) is 204 Å². The number of ether oxygens (including phenoxy) is 3. The van der Waals surface area contributed by atoms with Gasteiger partial charge in [-0.25, -0.2) is 18.1 Å². The number of nitrogen functional groups attached to an aromatic ring is 3. The van der Waals surface area contributed by atoms with Gasteiger partial charge in [0, 0.05) is 29.4 Å². The van der Waals surface area contributed by atoms with Gasteiger partial charge in [0.15, 0.2) is 11.5 Å². The van der Waals surface area contributed by atoms with Crippen LogP contribution in [-0.2, 0) is 16.4 Å². The van der Waals surface area contributed by atoms with Crippen LogP contribution in [0.4, 0.5) is 23.3 Å². The first-order valence-corrected chi connectivity index (χ1v) is 12.9. The third-order valence-electron chi connectivity index (χ3n) is 5.61. The molecule has 0 saturated heterocycles. The Hall–Kier alpha value is -4.72. The molecule has 0 spiro atoms. The van der Waals surface area contributed by atoms with Gasteiger partial charge in [0.05, 0.1) is 31.9 Å². The second-order valence-corrected chi connectivity index (χ2v) is 9.93. The molecule has 2 aromatic carbocycles. The maximum Gasteiger partial charge on any atom is 0.264 e. The molecule has 0 bridgehead atoms. The third kappa shape index (κ3) is 6.98. The van der Waals surface area contributed by atoms with Gasteiger partial charge in [-0.3, -0.25) is 0 Å². The van der Waals surface area contributed by atoms with E-state index in [1.807, 2.05) is 12.1 Å². The number of benzene rings is 2. The Morgan fingerprint density at radius 1 is 0.949 bits per heavy atom. The second-order valence-electron chi connectivity index (χ2n) is 8.25. The van der Waals surface area contributed by atoms with Crippen LogP contribution in [0.25, 0.3) is 0 Å². The number of anilines is 4. The van der Waals surface area contributed by atoms with E-state index in [0.717, 1.165) is 11.1 Å². The summed E-state index contributed by atoms with van der Waals surface area (Å²) >= 11 is 0. The number of hydrogen-bond donors (Lipinski definition) is 4. The summed E-state index contributed by atoms with van der Waals surface area (Å²) in [6, 6.07) is 9.61. The quantitative estimate of drug-likeness (QED) is 0.231. The van der Waals surface area contributed by atoms with Crippen molar-refractivity contribution in [2.75, 3.05) is 43.3 Å². The Balaban J connectivity index is 0.000000218. The summed E-state index contributed by atoms with van der Waals surface area (Å²) in [5.74, 6) is 2.36. The highest BCUT2D eigenvalue weighted by molar-refractivity contribution is 7.92. The summed E-state index contributed by atoms with van der Waals surface area (Å²) in [7, 11) is 1.03. The molecule has 0 amide bonds. The van der Waals surface area contributed by atoms with Gasteiger partial charge in [-0.15, -0.1) is 0 Å². The molecule has 0 aliphatic heterocycles. The van der Waals surface area contributed by atoms with Crippen molar-refractivity contribution in [3.63, 3.8) is 0 Å². The van der Waals surface area contributed by atoms with E-state index in [2.05, 4.69) is 19.8 Å². The molecule has 0 atom stereocenters. The molecule has 39 heavy (non-hydrogen) atoms. The maximum absolute atomic E-state index is 12.0. The Morgan fingerprint density at radius 2 is 1.56 bits per heavy atom. The number of nitrogens with one attached hydrogen (secondary N) is 1. The fraction of sp³-hybridized carbons (Fsp3) is 0.240. The zero-order valence-corrected chi connectivity index (χ0v) is 23.0. The zero-order chi connectivity index (χ0) is 28.7. The van der Waals surface area contributed by atoms with Crippen molar-refractivity contribution in [1.29, 1.82) is 0 Å². The van der Waals surface area contributed by atoms with E-state index < -0.39 is 10.0 Å². The molecular formula is C25H31N7O6S.